The monoisotopic (exact) mass is 298 g/mol. The number of benzene rings is 1. The highest BCUT2D eigenvalue weighted by Crippen LogP contribution is 2.26. The van der Waals surface area contributed by atoms with E-state index in [2.05, 4.69) is 10.0 Å². The van der Waals surface area contributed by atoms with Crippen LogP contribution in [0.5, 0.6) is 5.75 Å². The molecule has 0 aliphatic heterocycles. The number of carbonyl (C=O) groups excluding carboxylic acids is 1. The summed E-state index contributed by atoms with van der Waals surface area (Å²) in [5, 5.41) is 2.83. The standard InChI is InChI=1S/C13H18N2O4S/c1-14-20(17,18)19-12-8-6-11(7-9-12)15-13(16)10-4-2-3-5-10/h6-10,14H,2-5H2,1H3,(H,15,16). The van der Waals surface area contributed by atoms with Crippen molar-refractivity contribution in [3.05, 3.63) is 24.3 Å². The van der Waals surface area contributed by atoms with Crippen LogP contribution in [-0.4, -0.2) is 21.4 Å². The molecule has 1 aromatic carbocycles. The van der Waals surface area contributed by atoms with Crippen LogP contribution in [0.4, 0.5) is 5.69 Å². The predicted octanol–water partition coefficient (Wildman–Crippen LogP) is 1.66. The van der Waals surface area contributed by atoms with Gasteiger partial charge in [-0.05, 0) is 37.1 Å². The van der Waals surface area contributed by atoms with E-state index in [0.29, 0.717) is 5.69 Å². The molecule has 0 radical (unpaired) electrons. The second-order valence-electron chi connectivity index (χ2n) is 4.74. The summed E-state index contributed by atoms with van der Waals surface area (Å²) in [6, 6.07) is 6.24. The van der Waals surface area contributed by atoms with Crippen molar-refractivity contribution in [2.75, 3.05) is 12.4 Å². The number of carbonyl (C=O) groups is 1. The number of nitrogens with one attached hydrogen (secondary N) is 2. The third-order valence-electron chi connectivity index (χ3n) is 3.30. The molecule has 1 aliphatic rings. The topological polar surface area (TPSA) is 84.5 Å². The van der Waals surface area contributed by atoms with Crippen molar-refractivity contribution in [1.29, 1.82) is 0 Å². The van der Waals surface area contributed by atoms with Gasteiger partial charge in [0, 0.05) is 18.7 Å². The summed E-state index contributed by atoms with van der Waals surface area (Å²) in [4.78, 5) is 11.9. The molecule has 2 rings (SSSR count). The summed E-state index contributed by atoms with van der Waals surface area (Å²) in [6.45, 7) is 0. The summed E-state index contributed by atoms with van der Waals surface area (Å²) >= 11 is 0. The minimum atomic E-state index is -3.76. The molecule has 7 heteroatoms. The van der Waals surface area contributed by atoms with Crippen molar-refractivity contribution in [3.8, 4) is 5.75 Å². The molecule has 0 saturated heterocycles. The average Bonchev–Trinajstić information content (AvgIpc) is 2.95. The lowest BCUT2D eigenvalue weighted by Gasteiger charge is -2.11. The van der Waals surface area contributed by atoms with Gasteiger partial charge in [0.15, 0.2) is 0 Å². The molecule has 20 heavy (non-hydrogen) atoms. The van der Waals surface area contributed by atoms with Crippen LogP contribution in [0.1, 0.15) is 25.7 Å². The fraction of sp³-hybridized carbons (Fsp3) is 0.462. The SMILES string of the molecule is CNS(=O)(=O)Oc1ccc(NC(=O)C2CCCC2)cc1. The zero-order valence-electron chi connectivity index (χ0n) is 11.3. The smallest absolute Gasteiger partial charge is 0.371 e. The Kier molecular flexibility index (Phi) is 4.61. The molecule has 1 amide bonds. The lowest BCUT2D eigenvalue weighted by Crippen LogP contribution is -2.24. The maximum absolute atomic E-state index is 11.9. The Labute approximate surface area is 118 Å². The highest BCUT2D eigenvalue weighted by Gasteiger charge is 2.22. The van der Waals surface area contributed by atoms with E-state index in [1.54, 1.807) is 12.1 Å². The first-order chi connectivity index (χ1) is 9.50. The molecule has 0 atom stereocenters. The molecule has 0 spiro atoms. The summed E-state index contributed by atoms with van der Waals surface area (Å²) in [7, 11) is -2.49. The van der Waals surface area contributed by atoms with E-state index < -0.39 is 10.3 Å². The number of hydrogen-bond acceptors (Lipinski definition) is 4. The van der Waals surface area contributed by atoms with Crippen molar-refractivity contribution in [1.82, 2.24) is 4.72 Å². The third kappa shape index (κ3) is 3.94. The van der Waals surface area contributed by atoms with Gasteiger partial charge in [-0.1, -0.05) is 12.8 Å². The van der Waals surface area contributed by atoms with E-state index in [1.807, 2.05) is 0 Å². The van der Waals surface area contributed by atoms with E-state index in [1.165, 1.54) is 19.2 Å². The summed E-state index contributed by atoms with van der Waals surface area (Å²) in [5.41, 5.74) is 0.635. The zero-order valence-corrected chi connectivity index (χ0v) is 12.1. The highest BCUT2D eigenvalue weighted by molar-refractivity contribution is 7.85. The van der Waals surface area contributed by atoms with Crippen LogP contribution in [0.25, 0.3) is 0 Å². The maximum atomic E-state index is 11.9. The molecule has 1 aliphatic carbocycles. The van der Waals surface area contributed by atoms with Gasteiger partial charge in [-0.3, -0.25) is 4.79 Å². The average molecular weight is 298 g/mol. The van der Waals surface area contributed by atoms with Gasteiger partial charge in [0.2, 0.25) is 5.91 Å². The van der Waals surface area contributed by atoms with E-state index in [9.17, 15) is 13.2 Å². The molecule has 1 aromatic rings. The lowest BCUT2D eigenvalue weighted by molar-refractivity contribution is -0.119. The van der Waals surface area contributed by atoms with Crippen molar-refractivity contribution >= 4 is 21.9 Å². The second kappa shape index (κ2) is 6.23. The number of anilines is 1. The maximum Gasteiger partial charge on any atom is 0.382 e. The van der Waals surface area contributed by atoms with Crippen LogP contribution >= 0.6 is 0 Å². The van der Waals surface area contributed by atoms with E-state index in [0.717, 1.165) is 25.7 Å². The van der Waals surface area contributed by atoms with E-state index >= 15 is 0 Å². The Morgan fingerprint density at radius 1 is 1.20 bits per heavy atom. The van der Waals surface area contributed by atoms with Gasteiger partial charge in [0.25, 0.3) is 0 Å². The lowest BCUT2D eigenvalue weighted by atomic mass is 10.1. The van der Waals surface area contributed by atoms with Crippen molar-refractivity contribution in [2.45, 2.75) is 25.7 Å². The van der Waals surface area contributed by atoms with Crippen LogP contribution < -0.4 is 14.2 Å². The molecular weight excluding hydrogens is 280 g/mol. The van der Waals surface area contributed by atoms with Crippen molar-refractivity contribution in [2.24, 2.45) is 5.92 Å². The molecule has 1 fully saturated rings. The van der Waals surface area contributed by atoms with Gasteiger partial charge in [0.1, 0.15) is 5.75 Å². The molecule has 0 aromatic heterocycles. The molecule has 0 unspecified atom stereocenters. The fourth-order valence-corrected chi connectivity index (χ4v) is 2.64. The van der Waals surface area contributed by atoms with Crippen LogP contribution in [-0.2, 0) is 15.1 Å². The number of hydrogen-bond donors (Lipinski definition) is 2. The summed E-state index contributed by atoms with van der Waals surface area (Å²) < 4.78 is 29.2. The van der Waals surface area contributed by atoms with Gasteiger partial charge < -0.3 is 9.50 Å². The van der Waals surface area contributed by atoms with Gasteiger partial charge in [-0.2, -0.15) is 13.1 Å². The molecule has 110 valence electrons. The largest absolute Gasteiger partial charge is 0.382 e. The first-order valence-corrected chi connectivity index (χ1v) is 7.95. The Morgan fingerprint density at radius 3 is 2.35 bits per heavy atom. The Balaban J connectivity index is 1.96. The zero-order chi connectivity index (χ0) is 14.6. The van der Waals surface area contributed by atoms with Crippen molar-refractivity contribution in [3.63, 3.8) is 0 Å². The highest BCUT2D eigenvalue weighted by atomic mass is 32.2. The van der Waals surface area contributed by atoms with Crippen LogP contribution in [0.2, 0.25) is 0 Å². The van der Waals surface area contributed by atoms with Gasteiger partial charge in [-0.15, -0.1) is 0 Å². The third-order valence-corrected chi connectivity index (χ3v) is 4.22. The quantitative estimate of drug-likeness (QED) is 0.866. The Bertz CT molecular complexity index is 563. The van der Waals surface area contributed by atoms with Crippen LogP contribution in [0.15, 0.2) is 24.3 Å². The molecular formula is C13H18N2O4S. The molecule has 0 heterocycles. The fourth-order valence-electron chi connectivity index (χ4n) is 2.19. The number of amides is 1. The van der Waals surface area contributed by atoms with Crippen molar-refractivity contribution < 1.29 is 17.4 Å². The van der Waals surface area contributed by atoms with Gasteiger partial charge >= 0.3 is 10.3 Å². The van der Waals surface area contributed by atoms with Crippen LogP contribution in [0, 0.1) is 5.92 Å². The predicted molar refractivity (Wildman–Crippen MR) is 75.6 cm³/mol. The van der Waals surface area contributed by atoms with Gasteiger partial charge in [0.05, 0.1) is 0 Å². The first kappa shape index (κ1) is 14.8. The molecule has 2 N–H and O–H groups in total. The Hall–Kier alpha value is -1.60. The molecule has 1 saturated carbocycles. The minimum absolute atomic E-state index is 0.0269. The summed E-state index contributed by atoms with van der Waals surface area (Å²) in [5.74, 6) is 0.313. The van der Waals surface area contributed by atoms with Gasteiger partial charge in [-0.25, -0.2) is 0 Å². The minimum Gasteiger partial charge on any atom is -0.371 e. The van der Waals surface area contributed by atoms with E-state index in [-0.39, 0.29) is 17.6 Å². The van der Waals surface area contributed by atoms with E-state index in [4.69, 9.17) is 4.18 Å². The van der Waals surface area contributed by atoms with Crippen LogP contribution in [0.3, 0.4) is 0 Å². The molecule has 0 bridgehead atoms. The normalized spacial score (nSPS) is 16.1. The first-order valence-electron chi connectivity index (χ1n) is 6.54. The molecule has 6 nitrogen and oxygen atoms in total. The second-order valence-corrected chi connectivity index (χ2v) is 6.22. The summed E-state index contributed by atoms with van der Waals surface area (Å²) in [6.07, 6.45) is 4.08. The number of rotatable bonds is 5. The Morgan fingerprint density at radius 2 is 1.80 bits per heavy atom.